The van der Waals surface area contributed by atoms with Crippen molar-refractivity contribution >= 4 is 9.84 Å². The van der Waals surface area contributed by atoms with Crippen molar-refractivity contribution in [3.63, 3.8) is 0 Å². The van der Waals surface area contributed by atoms with Gasteiger partial charge < -0.3 is 0 Å². The summed E-state index contributed by atoms with van der Waals surface area (Å²) < 4.78 is 22.0. The molecule has 3 nitrogen and oxygen atoms in total. The van der Waals surface area contributed by atoms with Crippen molar-refractivity contribution in [2.24, 2.45) is 5.92 Å². The maximum Gasteiger partial charge on any atom is 0.150 e. The zero-order valence-corrected chi connectivity index (χ0v) is 7.26. The van der Waals surface area contributed by atoms with Crippen LogP contribution in [0.4, 0.5) is 0 Å². The molecule has 0 amide bonds. The first-order valence-corrected chi connectivity index (χ1v) is 5.58. The van der Waals surface area contributed by atoms with E-state index in [2.05, 4.69) is 6.07 Å². The third-order valence-electron chi connectivity index (χ3n) is 2.17. The predicted octanol–water partition coefficient (Wildman–Crippen LogP) is 0.723. The molecular weight excluding hydrogens is 162 g/mol. The second kappa shape index (κ2) is 2.82. The van der Waals surface area contributed by atoms with Crippen molar-refractivity contribution in [1.82, 2.24) is 0 Å². The Hall–Kier alpha value is -0.560. The Balaban J connectivity index is 2.64. The highest BCUT2D eigenvalue weighted by Crippen LogP contribution is 2.29. The van der Waals surface area contributed by atoms with E-state index >= 15 is 0 Å². The highest BCUT2D eigenvalue weighted by atomic mass is 32.2. The molecule has 1 rings (SSSR count). The van der Waals surface area contributed by atoms with Crippen molar-refractivity contribution < 1.29 is 8.42 Å². The van der Waals surface area contributed by atoms with Gasteiger partial charge in [-0.25, -0.2) is 8.42 Å². The van der Waals surface area contributed by atoms with Crippen LogP contribution in [0.15, 0.2) is 0 Å². The summed E-state index contributed by atoms with van der Waals surface area (Å²) in [5.74, 6) is -0.0327. The lowest BCUT2D eigenvalue weighted by atomic mass is 10.1. The van der Waals surface area contributed by atoms with Crippen LogP contribution in [-0.4, -0.2) is 19.9 Å². The number of hydrogen-bond donors (Lipinski definition) is 0. The molecule has 0 saturated heterocycles. The van der Waals surface area contributed by atoms with Crippen LogP contribution < -0.4 is 0 Å². The molecule has 0 aliphatic heterocycles. The molecule has 0 N–H and O–H groups in total. The monoisotopic (exact) mass is 173 g/mol. The summed E-state index contributed by atoms with van der Waals surface area (Å²) in [6.45, 7) is 0. The molecule has 0 aromatic rings. The van der Waals surface area contributed by atoms with E-state index < -0.39 is 9.84 Å². The SMILES string of the molecule is CS(=O)(=O)[C@@H]1CC[C@H](C#N)C1. The molecule has 1 aliphatic rings. The normalized spacial score (nSPS) is 31.6. The van der Waals surface area contributed by atoms with Crippen LogP contribution in [0, 0.1) is 17.2 Å². The topological polar surface area (TPSA) is 57.9 Å². The first-order chi connectivity index (χ1) is 5.04. The maximum absolute atomic E-state index is 11.0. The fourth-order valence-electron chi connectivity index (χ4n) is 1.45. The second-order valence-electron chi connectivity index (χ2n) is 3.09. The number of nitrogens with zero attached hydrogens (tertiary/aromatic N) is 1. The Bertz CT molecular complexity index is 275. The maximum atomic E-state index is 11.0. The van der Waals surface area contributed by atoms with Crippen molar-refractivity contribution in [3.8, 4) is 6.07 Å². The van der Waals surface area contributed by atoms with Gasteiger partial charge in [-0.1, -0.05) is 0 Å². The molecule has 0 unspecified atom stereocenters. The van der Waals surface area contributed by atoms with Crippen LogP contribution in [0.1, 0.15) is 19.3 Å². The van der Waals surface area contributed by atoms with E-state index in [1.54, 1.807) is 0 Å². The van der Waals surface area contributed by atoms with Gasteiger partial charge in [0.1, 0.15) is 9.84 Å². The molecule has 0 spiro atoms. The van der Waals surface area contributed by atoms with Gasteiger partial charge in [-0.15, -0.1) is 0 Å². The molecular formula is C7H11NO2S. The lowest BCUT2D eigenvalue weighted by Crippen LogP contribution is -2.15. The minimum atomic E-state index is -2.90. The molecule has 1 aliphatic carbocycles. The fourth-order valence-corrected chi connectivity index (χ4v) is 2.59. The summed E-state index contributed by atoms with van der Waals surface area (Å²) in [5, 5.41) is 8.25. The summed E-state index contributed by atoms with van der Waals surface area (Å²) in [6, 6.07) is 2.10. The van der Waals surface area contributed by atoms with Crippen LogP contribution in [0.25, 0.3) is 0 Å². The first-order valence-electron chi connectivity index (χ1n) is 3.62. The summed E-state index contributed by atoms with van der Waals surface area (Å²) in [7, 11) is -2.90. The van der Waals surface area contributed by atoms with E-state index in [9.17, 15) is 8.42 Å². The summed E-state index contributed by atoms with van der Waals surface area (Å²) in [4.78, 5) is 0. The average Bonchev–Trinajstić information content (AvgIpc) is 2.32. The number of hydrogen-bond acceptors (Lipinski definition) is 3. The van der Waals surface area contributed by atoms with E-state index in [0.29, 0.717) is 12.8 Å². The number of sulfone groups is 1. The average molecular weight is 173 g/mol. The molecule has 2 atom stereocenters. The van der Waals surface area contributed by atoms with Gasteiger partial charge in [0.15, 0.2) is 0 Å². The third kappa shape index (κ3) is 1.93. The molecule has 11 heavy (non-hydrogen) atoms. The van der Waals surface area contributed by atoms with Crippen LogP contribution in [-0.2, 0) is 9.84 Å². The Labute approximate surface area is 66.9 Å². The van der Waals surface area contributed by atoms with Gasteiger partial charge in [-0.3, -0.25) is 0 Å². The molecule has 62 valence electrons. The van der Waals surface area contributed by atoms with Crippen LogP contribution >= 0.6 is 0 Å². The van der Waals surface area contributed by atoms with E-state index in [4.69, 9.17) is 5.26 Å². The standard InChI is InChI=1S/C7H11NO2S/c1-11(9,10)7-3-2-6(4-7)5-8/h6-7H,2-4H2,1H3/t6-,7+/m0/s1. The minimum Gasteiger partial charge on any atom is -0.229 e. The second-order valence-corrected chi connectivity index (χ2v) is 5.42. The van der Waals surface area contributed by atoms with Gasteiger partial charge >= 0.3 is 0 Å². The Kier molecular flexibility index (Phi) is 2.19. The zero-order valence-electron chi connectivity index (χ0n) is 6.45. The summed E-state index contributed by atoms with van der Waals surface area (Å²) in [6.07, 6.45) is 3.19. The molecule has 0 heterocycles. The molecule has 0 bridgehead atoms. The van der Waals surface area contributed by atoms with Gasteiger partial charge in [0.2, 0.25) is 0 Å². The third-order valence-corrected chi connectivity index (χ3v) is 3.81. The quantitative estimate of drug-likeness (QED) is 0.587. The van der Waals surface area contributed by atoms with Crippen molar-refractivity contribution in [2.75, 3.05) is 6.26 Å². The Morgan fingerprint density at radius 2 is 2.09 bits per heavy atom. The van der Waals surface area contributed by atoms with Gasteiger partial charge in [-0.2, -0.15) is 5.26 Å². The highest BCUT2D eigenvalue weighted by Gasteiger charge is 2.31. The number of rotatable bonds is 1. The Morgan fingerprint density at radius 3 is 2.36 bits per heavy atom. The molecule has 1 fully saturated rings. The number of nitriles is 1. The van der Waals surface area contributed by atoms with Crippen molar-refractivity contribution in [2.45, 2.75) is 24.5 Å². The fraction of sp³-hybridized carbons (Fsp3) is 0.857. The van der Waals surface area contributed by atoms with Crippen molar-refractivity contribution in [3.05, 3.63) is 0 Å². The minimum absolute atomic E-state index is 0.0327. The lowest BCUT2D eigenvalue weighted by Gasteiger charge is -2.03. The molecule has 4 heteroatoms. The van der Waals surface area contributed by atoms with Crippen LogP contribution in [0.2, 0.25) is 0 Å². The zero-order chi connectivity index (χ0) is 8.48. The van der Waals surface area contributed by atoms with Crippen LogP contribution in [0.3, 0.4) is 0 Å². The molecule has 0 aromatic heterocycles. The van der Waals surface area contributed by atoms with E-state index in [1.165, 1.54) is 6.26 Å². The smallest absolute Gasteiger partial charge is 0.150 e. The van der Waals surface area contributed by atoms with Gasteiger partial charge in [0, 0.05) is 12.2 Å². The largest absolute Gasteiger partial charge is 0.229 e. The highest BCUT2D eigenvalue weighted by molar-refractivity contribution is 7.91. The summed E-state index contributed by atoms with van der Waals surface area (Å²) >= 11 is 0. The van der Waals surface area contributed by atoms with Crippen molar-refractivity contribution in [1.29, 1.82) is 5.26 Å². The molecule has 0 radical (unpaired) electrons. The van der Waals surface area contributed by atoms with Gasteiger partial charge in [0.05, 0.1) is 11.3 Å². The summed E-state index contributed by atoms with van der Waals surface area (Å²) in [5.41, 5.74) is 0. The van der Waals surface area contributed by atoms with E-state index in [0.717, 1.165) is 6.42 Å². The van der Waals surface area contributed by atoms with E-state index in [-0.39, 0.29) is 11.2 Å². The molecule has 1 saturated carbocycles. The van der Waals surface area contributed by atoms with Gasteiger partial charge in [-0.05, 0) is 19.3 Å². The molecule has 0 aromatic carbocycles. The Morgan fingerprint density at radius 1 is 1.45 bits per heavy atom. The van der Waals surface area contributed by atoms with E-state index in [1.807, 2.05) is 0 Å². The van der Waals surface area contributed by atoms with Gasteiger partial charge in [0.25, 0.3) is 0 Å². The van der Waals surface area contributed by atoms with Crippen LogP contribution in [0.5, 0.6) is 0 Å². The predicted molar refractivity (Wildman–Crippen MR) is 41.6 cm³/mol. The first kappa shape index (κ1) is 8.54. The lowest BCUT2D eigenvalue weighted by molar-refractivity contribution is 0.584.